The van der Waals surface area contributed by atoms with Crippen LogP contribution >= 0.6 is 7.82 Å². The van der Waals surface area contributed by atoms with Gasteiger partial charge in [-0.05, 0) is 25.3 Å². The van der Waals surface area contributed by atoms with Crippen LogP contribution in [0, 0.1) is 0 Å². The smallest absolute Gasteiger partial charge is 0.453 e. The number of phosphoric acid groups is 1. The maximum atomic E-state index is 16.4. The van der Waals surface area contributed by atoms with Crippen LogP contribution in [0.4, 0.5) is 14.6 Å². The van der Waals surface area contributed by atoms with E-state index in [1.807, 2.05) is 0 Å². The zero-order valence-corrected chi connectivity index (χ0v) is 51.3. The zero-order valence-electron chi connectivity index (χ0n) is 50.4. The van der Waals surface area contributed by atoms with Crippen LogP contribution in [0.25, 0.3) is 0 Å². The summed E-state index contributed by atoms with van der Waals surface area (Å²) in [5.74, 6) is -6.40. The van der Waals surface area contributed by atoms with Crippen LogP contribution < -0.4 is 11.4 Å². The standard InChI is InChI=1S/C62H112F2N3O12P/c1-4-7-10-13-16-19-22-25-28-31-34-37-40-43-46-56(68)73-52-76-80(72,77-53-74-57(69)47-44-41-38-35-32-29-26-23-20-17-14-11-8-5-2)75-51-54-59(62(63,64)60(78-54)67-50-49-55(65)66-61(67)71)79-58(70)48-45-42-39-36-33-30-27-24-21-18-15-12-9-6-3/h49-50,54,59-60H,4-48,51-53H2,1-3H3,(H2,65,66,71)/t54-,59-,60-/m1/s1. The molecule has 1 fully saturated rings. The van der Waals surface area contributed by atoms with Gasteiger partial charge in [0.25, 0.3) is 0 Å². The number of ether oxygens (including phenoxy) is 4. The van der Waals surface area contributed by atoms with Gasteiger partial charge in [-0.2, -0.15) is 13.8 Å². The van der Waals surface area contributed by atoms with Crippen molar-refractivity contribution < 1.29 is 60.2 Å². The molecular weight excluding hydrogens is 1050 g/mol. The second-order valence-corrected chi connectivity index (χ2v) is 24.1. The van der Waals surface area contributed by atoms with Gasteiger partial charge in [-0.1, -0.05) is 271 Å². The minimum absolute atomic E-state index is 0.0857. The SMILES string of the molecule is CCCCCCCCCCCCCCCCC(=O)OCOP(=O)(OCOC(=O)CCCCCCCCCCCCCCCC)OC[C@H]1O[C@@H](n2ccc(N)nc2=O)C(F)(F)[C@@H]1OC(=O)CCCCCCCCCCCCCCCC. The molecule has 1 aromatic rings. The molecule has 0 bridgehead atoms. The molecule has 2 rings (SSSR count). The number of hydrogen-bond acceptors (Lipinski definition) is 14. The van der Waals surface area contributed by atoms with E-state index in [0.29, 0.717) is 30.3 Å². The van der Waals surface area contributed by atoms with E-state index in [1.165, 1.54) is 167 Å². The van der Waals surface area contributed by atoms with Crippen molar-refractivity contribution in [1.29, 1.82) is 0 Å². The van der Waals surface area contributed by atoms with Crippen molar-refractivity contribution in [3.63, 3.8) is 0 Å². The van der Waals surface area contributed by atoms with Crippen LogP contribution in [0.2, 0.25) is 0 Å². The molecule has 1 aliphatic heterocycles. The molecule has 1 aromatic heterocycles. The summed E-state index contributed by atoms with van der Waals surface area (Å²) in [6, 6.07) is 1.14. The van der Waals surface area contributed by atoms with Gasteiger partial charge in [-0.25, -0.2) is 18.4 Å². The summed E-state index contributed by atoms with van der Waals surface area (Å²) in [5, 5.41) is 0. The Bertz CT molecular complexity index is 1760. The highest BCUT2D eigenvalue weighted by Gasteiger charge is 2.63. The molecule has 0 saturated carbocycles. The molecule has 0 spiro atoms. The van der Waals surface area contributed by atoms with E-state index < -0.39 is 76.0 Å². The minimum atomic E-state index is -4.88. The molecule has 18 heteroatoms. The molecule has 0 amide bonds. The summed E-state index contributed by atoms with van der Waals surface area (Å²) < 4.78 is 85.2. The van der Waals surface area contributed by atoms with E-state index in [1.54, 1.807) is 0 Å². The Balaban J connectivity index is 1.97. The molecule has 2 heterocycles. The first-order valence-electron chi connectivity index (χ1n) is 32.3. The average Bonchev–Trinajstić information content (AvgIpc) is 3.71. The monoisotopic (exact) mass is 1160 g/mol. The summed E-state index contributed by atoms with van der Waals surface area (Å²) in [5.41, 5.74) is 4.49. The summed E-state index contributed by atoms with van der Waals surface area (Å²) in [6.45, 7) is 3.93. The van der Waals surface area contributed by atoms with Crippen LogP contribution in [0.1, 0.15) is 316 Å². The molecule has 1 saturated heterocycles. The molecule has 3 atom stereocenters. The number of rotatable bonds is 56. The number of nitrogens with two attached hydrogens (primary N) is 1. The Hall–Kier alpha value is -2.98. The fourth-order valence-corrected chi connectivity index (χ4v) is 11.1. The van der Waals surface area contributed by atoms with Crippen molar-refractivity contribution >= 4 is 31.5 Å². The van der Waals surface area contributed by atoms with E-state index in [2.05, 4.69) is 25.8 Å². The quantitative estimate of drug-likeness (QED) is 0.0213. The molecule has 0 aliphatic carbocycles. The van der Waals surface area contributed by atoms with Gasteiger partial charge in [0, 0.05) is 25.5 Å². The fraction of sp³-hybridized carbons (Fsp3) is 0.887. The minimum Gasteiger partial charge on any atom is -0.453 e. The number of nitrogen functional groups attached to an aromatic ring is 1. The zero-order chi connectivity index (χ0) is 58.2. The average molecular weight is 1160 g/mol. The van der Waals surface area contributed by atoms with Gasteiger partial charge in [-0.3, -0.25) is 23.5 Å². The molecule has 80 heavy (non-hydrogen) atoms. The lowest BCUT2D eigenvalue weighted by atomic mass is 10.0. The Morgan fingerprint density at radius 2 is 0.838 bits per heavy atom. The number of nitrogens with zero attached hydrogens (tertiary/aromatic N) is 2. The first kappa shape index (κ1) is 73.1. The molecule has 0 unspecified atom stereocenters. The Morgan fingerprint density at radius 3 is 1.16 bits per heavy atom. The number of halogens is 2. The molecule has 15 nitrogen and oxygen atoms in total. The van der Waals surface area contributed by atoms with Gasteiger partial charge in [-0.15, -0.1) is 0 Å². The third kappa shape index (κ3) is 36.6. The van der Waals surface area contributed by atoms with Crippen LogP contribution in [0.3, 0.4) is 0 Å². The van der Waals surface area contributed by atoms with Crippen LogP contribution in [-0.4, -0.2) is 65.8 Å². The van der Waals surface area contributed by atoms with Crippen molar-refractivity contribution in [2.45, 2.75) is 334 Å². The van der Waals surface area contributed by atoms with E-state index in [4.69, 9.17) is 38.3 Å². The lowest BCUT2D eigenvalue weighted by molar-refractivity contribution is -0.176. The van der Waals surface area contributed by atoms with Gasteiger partial charge in [0.2, 0.25) is 19.8 Å². The number of carbonyl (C=O) groups is 3. The molecule has 2 N–H and O–H groups in total. The van der Waals surface area contributed by atoms with E-state index in [9.17, 15) is 23.7 Å². The number of carbonyl (C=O) groups excluding carboxylic acids is 3. The van der Waals surface area contributed by atoms with Crippen molar-refractivity contribution in [3.05, 3.63) is 22.7 Å². The molecule has 1 aliphatic rings. The number of phosphoric ester groups is 1. The van der Waals surface area contributed by atoms with Gasteiger partial charge < -0.3 is 24.7 Å². The highest BCUT2D eigenvalue weighted by molar-refractivity contribution is 7.48. The number of aromatic nitrogens is 2. The van der Waals surface area contributed by atoms with Crippen molar-refractivity contribution in [2.75, 3.05) is 25.9 Å². The normalized spacial score (nSPS) is 16.1. The number of hydrogen-bond donors (Lipinski definition) is 1. The number of alkyl halides is 2. The lowest BCUT2D eigenvalue weighted by Crippen LogP contribution is -2.44. The number of unbranched alkanes of at least 4 members (excludes halogenated alkanes) is 39. The van der Waals surface area contributed by atoms with Crippen molar-refractivity contribution in [3.8, 4) is 0 Å². The first-order valence-corrected chi connectivity index (χ1v) is 33.7. The first-order chi connectivity index (χ1) is 38.9. The van der Waals surface area contributed by atoms with Gasteiger partial charge in [0.1, 0.15) is 11.9 Å². The van der Waals surface area contributed by atoms with E-state index in [0.717, 1.165) is 89.3 Å². The molecule has 0 radical (unpaired) electrons. The Kier molecular flexibility index (Phi) is 44.2. The van der Waals surface area contributed by atoms with Gasteiger partial charge in [0.05, 0.1) is 6.61 Å². The van der Waals surface area contributed by atoms with E-state index >= 15 is 8.78 Å². The fourth-order valence-electron chi connectivity index (χ4n) is 10.2. The predicted molar refractivity (Wildman–Crippen MR) is 314 cm³/mol. The topological polar surface area (TPSA) is 194 Å². The largest absolute Gasteiger partial charge is 0.480 e. The lowest BCUT2D eigenvalue weighted by Gasteiger charge is -2.25. The maximum absolute atomic E-state index is 16.4. The highest BCUT2D eigenvalue weighted by atomic mass is 31.2. The van der Waals surface area contributed by atoms with Crippen molar-refractivity contribution in [2.24, 2.45) is 0 Å². The van der Waals surface area contributed by atoms with Crippen LogP contribution in [0.5, 0.6) is 0 Å². The van der Waals surface area contributed by atoms with Crippen LogP contribution in [-0.2, 0) is 51.5 Å². The van der Waals surface area contributed by atoms with E-state index in [-0.39, 0.29) is 25.1 Å². The summed E-state index contributed by atoms with van der Waals surface area (Å²) >= 11 is 0. The number of anilines is 1. The summed E-state index contributed by atoms with van der Waals surface area (Å²) in [7, 11) is -4.88. The Morgan fingerprint density at radius 1 is 0.525 bits per heavy atom. The molecule has 466 valence electrons. The number of esters is 3. The Labute approximate surface area is 482 Å². The van der Waals surface area contributed by atoms with Crippen molar-refractivity contribution in [1.82, 2.24) is 9.55 Å². The summed E-state index contributed by atoms with van der Waals surface area (Å²) in [6.07, 6.45) is 42.4. The third-order valence-corrected chi connectivity index (χ3v) is 16.5. The molecule has 0 aromatic carbocycles. The van der Waals surface area contributed by atoms with Crippen LogP contribution in [0.15, 0.2) is 17.1 Å². The second kappa shape index (κ2) is 48.4. The highest BCUT2D eigenvalue weighted by Crippen LogP contribution is 2.52. The third-order valence-electron chi connectivity index (χ3n) is 15.2. The molecular formula is C62H112F2N3O12P. The maximum Gasteiger partial charge on any atom is 0.480 e. The second-order valence-electron chi connectivity index (χ2n) is 22.5. The van der Waals surface area contributed by atoms with Gasteiger partial charge in [0.15, 0.2) is 6.10 Å². The van der Waals surface area contributed by atoms with Gasteiger partial charge >= 0.3 is 37.3 Å². The summed E-state index contributed by atoms with van der Waals surface area (Å²) in [4.78, 5) is 55.0. The predicted octanol–water partition coefficient (Wildman–Crippen LogP) is 18.0.